The molecule has 1 aliphatic carbocycles. The maximum atomic E-state index is 9.71. The summed E-state index contributed by atoms with van der Waals surface area (Å²) >= 11 is 6.00. The number of fused-ring (bicyclic) bond motifs is 1. The summed E-state index contributed by atoms with van der Waals surface area (Å²) in [6, 6.07) is 3.76. The standard InChI is InChI=1S/C12H14ClNO/c13-9-5-8-3-1-2-4-10(8)11(6-9)12(15)7-14/h5-7,12,14-15H,1-4H2. The molecule has 2 N–H and O–H groups in total. The van der Waals surface area contributed by atoms with E-state index in [1.165, 1.54) is 17.5 Å². The maximum absolute atomic E-state index is 9.71. The molecule has 2 nitrogen and oxygen atoms in total. The number of nitrogens with one attached hydrogen (secondary N) is 1. The molecule has 0 bridgehead atoms. The monoisotopic (exact) mass is 223 g/mol. The van der Waals surface area contributed by atoms with Crippen LogP contribution in [0.15, 0.2) is 12.1 Å². The molecule has 1 aromatic carbocycles. The average molecular weight is 224 g/mol. The van der Waals surface area contributed by atoms with Crippen molar-refractivity contribution in [3.05, 3.63) is 33.8 Å². The number of hydrogen-bond acceptors (Lipinski definition) is 2. The van der Waals surface area contributed by atoms with Crippen molar-refractivity contribution >= 4 is 17.8 Å². The molecule has 80 valence electrons. The molecule has 0 radical (unpaired) electrons. The van der Waals surface area contributed by atoms with E-state index in [-0.39, 0.29) is 0 Å². The van der Waals surface area contributed by atoms with Crippen LogP contribution in [-0.4, -0.2) is 11.3 Å². The van der Waals surface area contributed by atoms with Crippen molar-refractivity contribution in [3.63, 3.8) is 0 Å². The first-order chi connectivity index (χ1) is 7.22. The number of aryl methyl sites for hydroxylation is 1. The van der Waals surface area contributed by atoms with E-state index < -0.39 is 6.10 Å². The highest BCUT2D eigenvalue weighted by Gasteiger charge is 2.17. The second-order valence-corrected chi connectivity index (χ2v) is 4.39. The Morgan fingerprint density at radius 3 is 2.80 bits per heavy atom. The van der Waals surface area contributed by atoms with Crippen molar-refractivity contribution in [1.29, 1.82) is 5.41 Å². The molecular weight excluding hydrogens is 210 g/mol. The van der Waals surface area contributed by atoms with Gasteiger partial charge in [0.05, 0.1) is 0 Å². The topological polar surface area (TPSA) is 44.1 Å². The van der Waals surface area contributed by atoms with Gasteiger partial charge in [0.2, 0.25) is 0 Å². The fourth-order valence-electron chi connectivity index (χ4n) is 2.22. The van der Waals surface area contributed by atoms with Gasteiger partial charge in [-0.15, -0.1) is 0 Å². The van der Waals surface area contributed by atoms with Crippen molar-refractivity contribution in [3.8, 4) is 0 Å². The van der Waals surface area contributed by atoms with Gasteiger partial charge in [-0.25, -0.2) is 0 Å². The van der Waals surface area contributed by atoms with Crippen molar-refractivity contribution in [1.82, 2.24) is 0 Å². The van der Waals surface area contributed by atoms with E-state index in [9.17, 15) is 5.11 Å². The smallest absolute Gasteiger partial charge is 0.114 e. The predicted octanol–water partition coefficient (Wildman–Crippen LogP) is 2.90. The molecule has 3 heteroatoms. The first-order valence-electron chi connectivity index (χ1n) is 5.22. The van der Waals surface area contributed by atoms with Gasteiger partial charge in [-0.3, -0.25) is 0 Å². The van der Waals surface area contributed by atoms with Crippen LogP contribution < -0.4 is 0 Å². The lowest BCUT2D eigenvalue weighted by molar-refractivity contribution is 0.250. The Morgan fingerprint density at radius 1 is 1.33 bits per heavy atom. The zero-order chi connectivity index (χ0) is 10.8. The number of halogens is 1. The van der Waals surface area contributed by atoms with E-state index in [0.717, 1.165) is 31.0 Å². The zero-order valence-electron chi connectivity index (χ0n) is 8.46. The van der Waals surface area contributed by atoms with E-state index in [1.54, 1.807) is 6.07 Å². The first kappa shape index (κ1) is 10.7. The summed E-state index contributed by atoms with van der Waals surface area (Å²) in [4.78, 5) is 0. The SMILES string of the molecule is N=CC(O)c1cc(Cl)cc2c1CCCC2. The Morgan fingerprint density at radius 2 is 2.07 bits per heavy atom. The Balaban J connectivity index is 2.52. The van der Waals surface area contributed by atoms with Crippen molar-refractivity contribution < 1.29 is 5.11 Å². The van der Waals surface area contributed by atoms with Gasteiger partial charge in [-0.05, 0) is 54.5 Å². The van der Waals surface area contributed by atoms with E-state index in [0.29, 0.717) is 5.02 Å². The molecule has 15 heavy (non-hydrogen) atoms. The van der Waals surface area contributed by atoms with E-state index in [1.807, 2.05) is 6.07 Å². The highest BCUT2D eigenvalue weighted by atomic mass is 35.5. The van der Waals surface area contributed by atoms with Crippen LogP contribution >= 0.6 is 11.6 Å². The van der Waals surface area contributed by atoms with Gasteiger partial charge in [-0.1, -0.05) is 11.6 Å². The van der Waals surface area contributed by atoms with Crippen molar-refractivity contribution in [2.45, 2.75) is 31.8 Å². The second kappa shape index (κ2) is 4.33. The molecule has 1 aliphatic rings. The Hall–Kier alpha value is -0.860. The summed E-state index contributed by atoms with van der Waals surface area (Å²) in [5, 5.41) is 17.5. The largest absolute Gasteiger partial charge is 0.383 e. The van der Waals surface area contributed by atoms with Crippen LogP contribution in [0.3, 0.4) is 0 Å². The molecule has 2 rings (SSSR count). The molecule has 0 saturated carbocycles. The maximum Gasteiger partial charge on any atom is 0.114 e. The summed E-state index contributed by atoms with van der Waals surface area (Å²) in [6.45, 7) is 0. The van der Waals surface area contributed by atoms with Gasteiger partial charge in [0.25, 0.3) is 0 Å². The van der Waals surface area contributed by atoms with Gasteiger partial charge in [-0.2, -0.15) is 0 Å². The van der Waals surface area contributed by atoms with Crippen LogP contribution in [0.25, 0.3) is 0 Å². The third-order valence-electron chi connectivity index (χ3n) is 2.94. The van der Waals surface area contributed by atoms with Crippen molar-refractivity contribution in [2.24, 2.45) is 0 Å². The number of aliphatic hydroxyl groups is 1. The molecule has 0 fully saturated rings. The minimum absolute atomic E-state index is 0.659. The molecule has 0 amide bonds. The quantitative estimate of drug-likeness (QED) is 0.744. The Labute approximate surface area is 94.4 Å². The summed E-state index contributed by atoms with van der Waals surface area (Å²) in [7, 11) is 0. The lowest BCUT2D eigenvalue weighted by atomic mass is 9.87. The molecule has 1 atom stereocenters. The van der Waals surface area contributed by atoms with Crippen LogP contribution in [0.5, 0.6) is 0 Å². The molecule has 0 heterocycles. The highest BCUT2D eigenvalue weighted by Crippen LogP contribution is 2.30. The van der Waals surface area contributed by atoms with Crippen LogP contribution in [0, 0.1) is 5.41 Å². The fraction of sp³-hybridized carbons (Fsp3) is 0.417. The predicted molar refractivity (Wildman–Crippen MR) is 61.8 cm³/mol. The lowest BCUT2D eigenvalue weighted by Crippen LogP contribution is -2.10. The molecule has 1 unspecified atom stereocenters. The molecule has 0 saturated heterocycles. The normalized spacial score (nSPS) is 16.9. The Kier molecular flexibility index (Phi) is 3.08. The molecule has 0 spiro atoms. The third kappa shape index (κ3) is 2.06. The highest BCUT2D eigenvalue weighted by molar-refractivity contribution is 6.30. The minimum atomic E-state index is -0.810. The lowest BCUT2D eigenvalue weighted by Gasteiger charge is -2.21. The fourth-order valence-corrected chi connectivity index (χ4v) is 2.46. The number of rotatable bonds is 2. The first-order valence-corrected chi connectivity index (χ1v) is 5.60. The third-order valence-corrected chi connectivity index (χ3v) is 3.16. The van der Waals surface area contributed by atoms with E-state index in [4.69, 9.17) is 17.0 Å². The number of aliphatic hydroxyl groups excluding tert-OH is 1. The summed E-state index contributed by atoms with van der Waals surface area (Å²) < 4.78 is 0. The minimum Gasteiger partial charge on any atom is -0.383 e. The van der Waals surface area contributed by atoms with Gasteiger partial charge >= 0.3 is 0 Å². The van der Waals surface area contributed by atoms with E-state index in [2.05, 4.69) is 0 Å². The summed E-state index contributed by atoms with van der Waals surface area (Å²) in [5.41, 5.74) is 3.25. The van der Waals surface area contributed by atoms with Crippen LogP contribution in [0.2, 0.25) is 5.02 Å². The van der Waals surface area contributed by atoms with Gasteiger partial charge in [0, 0.05) is 11.2 Å². The van der Waals surface area contributed by atoms with E-state index >= 15 is 0 Å². The average Bonchev–Trinajstić information content (AvgIpc) is 2.26. The zero-order valence-corrected chi connectivity index (χ0v) is 9.22. The molecular formula is C12H14ClNO. The van der Waals surface area contributed by atoms with Crippen LogP contribution in [0.1, 0.15) is 35.6 Å². The number of hydrogen-bond donors (Lipinski definition) is 2. The molecule has 0 aromatic heterocycles. The Bertz CT molecular complexity index is 389. The van der Waals surface area contributed by atoms with Gasteiger partial charge in [0.15, 0.2) is 0 Å². The summed E-state index contributed by atoms with van der Waals surface area (Å²) in [5.74, 6) is 0. The second-order valence-electron chi connectivity index (χ2n) is 3.95. The van der Waals surface area contributed by atoms with Gasteiger partial charge < -0.3 is 10.5 Å². The molecule has 1 aromatic rings. The number of benzene rings is 1. The van der Waals surface area contributed by atoms with Crippen LogP contribution in [-0.2, 0) is 12.8 Å². The molecule has 0 aliphatic heterocycles. The summed E-state index contributed by atoms with van der Waals surface area (Å²) in [6.07, 6.45) is 4.62. The van der Waals surface area contributed by atoms with Gasteiger partial charge in [0.1, 0.15) is 6.10 Å². The van der Waals surface area contributed by atoms with Crippen LogP contribution in [0.4, 0.5) is 0 Å². The van der Waals surface area contributed by atoms with Crippen molar-refractivity contribution in [2.75, 3.05) is 0 Å².